The summed E-state index contributed by atoms with van der Waals surface area (Å²) in [5.74, 6) is 1.50. The van der Waals surface area contributed by atoms with E-state index in [1.165, 1.54) is 18.9 Å². The van der Waals surface area contributed by atoms with Crippen molar-refractivity contribution in [1.82, 2.24) is 0 Å². The fourth-order valence-electron chi connectivity index (χ4n) is 3.39. The van der Waals surface area contributed by atoms with Gasteiger partial charge in [0.25, 0.3) is 0 Å². The molecule has 102 valence electrons. The van der Waals surface area contributed by atoms with Crippen molar-refractivity contribution in [2.45, 2.75) is 38.7 Å². The highest BCUT2D eigenvalue weighted by atomic mass is 19.1. The smallest absolute Gasteiger partial charge is 0.211 e. The van der Waals surface area contributed by atoms with Crippen LogP contribution in [0.4, 0.5) is 10.1 Å². The van der Waals surface area contributed by atoms with Gasteiger partial charge in [-0.3, -0.25) is 4.79 Å². The van der Waals surface area contributed by atoms with Crippen LogP contribution in [0.5, 0.6) is 5.75 Å². The van der Waals surface area contributed by atoms with Crippen molar-refractivity contribution in [1.29, 1.82) is 0 Å². The van der Waals surface area contributed by atoms with Crippen molar-refractivity contribution in [3.05, 3.63) is 23.5 Å². The van der Waals surface area contributed by atoms with E-state index in [-0.39, 0.29) is 6.10 Å². The van der Waals surface area contributed by atoms with E-state index in [0.717, 1.165) is 30.2 Å². The maximum Gasteiger partial charge on any atom is 0.211 e. The molecule has 1 aromatic rings. The van der Waals surface area contributed by atoms with Gasteiger partial charge in [0.15, 0.2) is 11.6 Å². The molecule has 1 amide bonds. The van der Waals surface area contributed by atoms with Gasteiger partial charge in [0.2, 0.25) is 6.41 Å². The number of anilines is 1. The van der Waals surface area contributed by atoms with Gasteiger partial charge < -0.3 is 10.1 Å². The fourth-order valence-corrected chi connectivity index (χ4v) is 3.39. The number of benzene rings is 1. The first-order valence-electron chi connectivity index (χ1n) is 6.82. The van der Waals surface area contributed by atoms with E-state index >= 15 is 0 Å². The molecular formula is C15H18FNO2. The lowest BCUT2D eigenvalue weighted by atomic mass is 9.64. The molecule has 4 heteroatoms. The van der Waals surface area contributed by atoms with Crippen LogP contribution in [0.1, 0.15) is 31.2 Å². The fraction of sp³-hybridized carbons (Fsp3) is 0.533. The number of amides is 1. The van der Waals surface area contributed by atoms with Gasteiger partial charge in [0, 0.05) is 11.8 Å². The highest BCUT2D eigenvalue weighted by Crippen LogP contribution is 2.46. The van der Waals surface area contributed by atoms with Crippen LogP contribution < -0.4 is 10.1 Å². The molecule has 0 radical (unpaired) electrons. The van der Waals surface area contributed by atoms with Crippen LogP contribution in [0.3, 0.4) is 0 Å². The second kappa shape index (κ2) is 4.83. The topological polar surface area (TPSA) is 38.3 Å². The Bertz CT molecular complexity index is 464. The van der Waals surface area contributed by atoms with Gasteiger partial charge in [-0.25, -0.2) is 4.39 Å². The van der Waals surface area contributed by atoms with Crippen molar-refractivity contribution in [2.75, 3.05) is 5.32 Å². The zero-order valence-corrected chi connectivity index (χ0v) is 11.0. The summed E-state index contributed by atoms with van der Waals surface area (Å²) in [5, 5.41) is 2.46. The molecular weight excluding hydrogens is 245 g/mol. The monoisotopic (exact) mass is 263 g/mol. The molecule has 1 N–H and O–H groups in total. The van der Waals surface area contributed by atoms with Crippen molar-refractivity contribution in [2.24, 2.45) is 11.8 Å². The van der Waals surface area contributed by atoms with Crippen LogP contribution in [-0.4, -0.2) is 12.5 Å². The lowest BCUT2D eigenvalue weighted by Gasteiger charge is -2.45. The zero-order chi connectivity index (χ0) is 13.4. The average Bonchev–Trinajstić information content (AvgIpc) is 2.34. The first-order valence-corrected chi connectivity index (χ1v) is 6.82. The Hall–Kier alpha value is -1.58. The number of fused-ring (bicyclic) bond motifs is 2. The number of rotatable bonds is 4. The summed E-state index contributed by atoms with van der Waals surface area (Å²) >= 11 is 0. The standard InChI is InChI=1S/C15H18FNO2/c1-9-2-12(17-8-18)7-14(16)15(9)19-13-5-10-3-11(4-10)6-13/h2,7-8,10-11,13H,3-6H2,1H3,(H,17,18). The molecule has 0 aliphatic heterocycles. The molecule has 3 nitrogen and oxygen atoms in total. The molecule has 0 atom stereocenters. The predicted octanol–water partition coefficient (Wildman–Crippen LogP) is 3.27. The molecule has 0 saturated heterocycles. The zero-order valence-electron chi connectivity index (χ0n) is 11.0. The Kier molecular flexibility index (Phi) is 3.17. The van der Waals surface area contributed by atoms with Crippen LogP contribution >= 0.6 is 0 Å². The molecule has 1 aromatic carbocycles. The van der Waals surface area contributed by atoms with Gasteiger partial charge in [-0.15, -0.1) is 0 Å². The summed E-state index contributed by atoms with van der Waals surface area (Å²) in [5.41, 5.74) is 1.19. The maximum absolute atomic E-state index is 14.0. The summed E-state index contributed by atoms with van der Waals surface area (Å²) in [6, 6.07) is 3.04. The van der Waals surface area contributed by atoms with E-state index in [1.54, 1.807) is 13.0 Å². The van der Waals surface area contributed by atoms with Crippen molar-refractivity contribution in [3.8, 4) is 5.75 Å². The van der Waals surface area contributed by atoms with Gasteiger partial charge in [0.1, 0.15) is 0 Å². The number of halogens is 1. The summed E-state index contributed by atoms with van der Waals surface area (Å²) < 4.78 is 19.9. The Morgan fingerprint density at radius 2 is 1.95 bits per heavy atom. The second-order valence-electron chi connectivity index (χ2n) is 5.78. The van der Waals surface area contributed by atoms with Gasteiger partial charge >= 0.3 is 0 Å². The van der Waals surface area contributed by atoms with Gasteiger partial charge in [-0.2, -0.15) is 0 Å². The Labute approximate surface area is 112 Å². The maximum atomic E-state index is 14.0. The molecule has 4 rings (SSSR count). The van der Waals surface area contributed by atoms with E-state index in [1.807, 2.05) is 0 Å². The average molecular weight is 263 g/mol. The largest absolute Gasteiger partial charge is 0.487 e. The predicted molar refractivity (Wildman–Crippen MR) is 70.7 cm³/mol. The SMILES string of the molecule is Cc1cc(NC=O)cc(F)c1OC1CC2CC(C2)C1. The van der Waals surface area contributed by atoms with Gasteiger partial charge in [0.05, 0.1) is 6.10 Å². The van der Waals surface area contributed by atoms with E-state index in [4.69, 9.17) is 4.74 Å². The number of ether oxygens (including phenoxy) is 1. The number of nitrogens with one attached hydrogen (secondary N) is 1. The summed E-state index contributed by atoms with van der Waals surface area (Å²) in [7, 11) is 0. The highest BCUT2D eigenvalue weighted by Gasteiger charge is 2.39. The highest BCUT2D eigenvalue weighted by molar-refractivity contribution is 5.72. The molecule has 0 heterocycles. The third-order valence-electron chi connectivity index (χ3n) is 4.27. The number of aryl methyl sites for hydroxylation is 1. The third kappa shape index (κ3) is 2.44. The van der Waals surface area contributed by atoms with E-state index in [2.05, 4.69) is 5.32 Å². The molecule has 3 aliphatic rings. The van der Waals surface area contributed by atoms with Crippen LogP contribution in [0.25, 0.3) is 0 Å². The van der Waals surface area contributed by atoms with Crippen LogP contribution in [0, 0.1) is 24.6 Å². The second-order valence-corrected chi connectivity index (χ2v) is 5.78. The van der Waals surface area contributed by atoms with Crippen LogP contribution in [-0.2, 0) is 4.79 Å². The lowest BCUT2D eigenvalue weighted by Crippen LogP contribution is -2.39. The molecule has 3 saturated carbocycles. The Morgan fingerprint density at radius 1 is 1.26 bits per heavy atom. The van der Waals surface area contributed by atoms with Gasteiger partial charge in [-0.1, -0.05) is 0 Å². The van der Waals surface area contributed by atoms with Gasteiger partial charge in [-0.05, 0) is 56.1 Å². The van der Waals surface area contributed by atoms with E-state index in [9.17, 15) is 9.18 Å². The minimum atomic E-state index is -0.399. The van der Waals surface area contributed by atoms with Crippen molar-refractivity contribution < 1.29 is 13.9 Å². The molecule has 0 unspecified atom stereocenters. The molecule has 2 bridgehead atoms. The molecule has 3 aliphatic carbocycles. The lowest BCUT2D eigenvalue weighted by molar-refractivity contribution is -0.105. The summed E-state index contributed by atoms with van der Waals surface area (Å²) in [4.78, 5) is 10.4. The molecule has 3 fully saturated rings. The van der Waals surface area contributed by atoms with Crippen molar-refractivity contribution >= 4 is 12.1 Å². The quantitative estimate of drug-likeness (QED) is 0.847. The third-order valence-corrected chi connectivity index (χ3v) is 4.27. The minimum Gasteiger partial charge on any atom is -0.487 e. The summed E-state index contributed by atoms with van der Waals surface area (Å²) in [6.07, 6.45) is 5.43. The number of carbonyl (C=O) groups is 1. The molecule has 19 heavy (non-hydrogen) atoms. The molecule has 0 spiro atoms. The van der Waals surface area contributed by atoms with Crippen molar-refractivity contribution in [3.63, 3.8) is 0 Å². The Morgan fingerprint density at radius 3 is 2.53 bits per heavy atom. The van der Waals surface area contributed by atoms with E-state index in [0.29, 0.717) is 17.8 Å². The van der Waals surface area contributed by atoms with Crippen LogP contribution in [0.15, 0.2) is 12.1 Å². The first kappa shape index (κ1) is 12.5. The number of carbonyl (C=O) groups excluding carboxylic acids is 1. The van der Waals surface area contributed by atoms with E-state index < -0.39 is 5.82 Å². The molecule has 0 aromatic heterocycles. The van der Waals surface area contributed by atoms with Crippen LogP contribution in [0.2, 0.25) is 0 Å². The normalized spacial score (nSPS) is 28.4. The number of hydrogen-bond donors (Lipinski definition) is 1. The Balaban J connectivity index is 1.75. The number of hydrogen-bond acceptors (Lipinski definition) is 2. The first-order chi connectivity index (χ1) is 9.15. The minimum absolute atomic E-state index is 0.149. The summed E-state index contributed by atoms with van der Waals surface area (Å²) in [6.45, 7) is 1.80.